The third-order valence-electron chi connectivity index (χ3n) is 5.29. The van der Waals surface area contributed by atoms with Crippen molar-refractivity contribution in [3.8, 4) is 0 Å². The van der Waals surface area contributed by atoms with E-state index in [-0.39, 0.29) is 11.7 Å². The minimum atomic E-state index is -0.708. The average Bonchev–Trinajstić information content (AvgIpc) is 3.06. The minimum Gasteiger partial charge on any atom is -0.354 e. The monoisotopic (exact) mass is 374 g/mol. The van der Waals surface area contributed by atoms with Gasteiger partial charge in [-0.3, -0.25) is 9.59 Å². The molecule has 0 radical (unpaired) electrons. The normalized spacial score (nSPS) is 11.3. The third-order valence-corrected chi connectivity index (χ3v) is 5.29. The van der Waals surface area contributed by atoms with Crippen LogP contribution >= 0.6 is 0 Å². The molecule has 0 atom stereocenters. The molecule has 1 heterocycles. The second kappa shape index (κ2) is 7.85. The second-order valence-corrected chi connectivity index (χ2v) is 7.20. The molecule has 0 saturated heterocycles. The summed E-state index contributed by atoms with van der Waals surface area (Å²) in [5.41, 5.74) is 3.85. The van der Waals surface area contributed by atoms with Gasteiger partial charge in [-0.05, 0) is 43.9 Å². The number of hydrogen-bond acceptors (Lipinski definition) is 2. The quantitative estimate of drug-likeness (QED) is 0.610. The van der Waals surface area contributed by atoms with Crippen LogP contribution in [0.4, 0.5) is 0 Å². The highest BCUT2D eigenvalue weighted by Crippen LogP contribution is 2.30. The number of amides is 1. The van der Waals surface area contributed by atoms with Crippen molar-refractivity contribution < 1.29 is 9.59 Å². The smallest absolute Gasteiger partial charge is 0.268 e. The van der Waals surface area contributed by atoms with E-state index in [1.165, 1.54) is 6.92 Å². The molecule has 0 aliphatic rings. The number of H-pyrrole nitrogens is 1. The Bertz CT molecular complexity index is 949. The van der Waals surface area contributed by atoms with Crippen LogP contribution in [0.3, 0.4) is 0 Å². The number of aryl methyl sites for hydroxylation is 1. The van der Waals surface area contributed by atoms with Crippen molar-refractivity contribution >= 4 is 11.7 Å². The van der Waals surface area contributed by atoms with Crippen molar-refractivity contribution in [3.05, 3.63) is 94.3 Å². The van der Waals surface area contributed by atoms with E-state index in [9.17, 15) is 9.59 Å². The Morgan fingerprint density at radius 2 is 1.46 bits per heavy atom. The number of benzene rings is 2. The van der Waals surface area contributed by atoms with Crippen LogP contribution in [0.1, 0.15) is 64.0 Å². The molecule has 4 nitrogen and oxygen atoms in total. The predicted molar refractivity (Wildman–Crippen MR) is 112 cm³/mol. The number of ketones is 1. The van der Waals surface area contributed by atoms with Crippen molar-refractivity contribution in [2.75, 3.05) is 0 Å². The molecule has 2 N–H and O–H groups in total. The second-order valence-electron chi connectivity index (χ2n) is 7.20. The van der Waals surface area contributed by atoms with E-state index in [0.29, 0.717) is 17.7 Å². The summed E-state index contributed by atoms with van der Waals surface area (Å²) >= 11 is 0. The number of carbonyl (C=O) groups is 2. The molecule has 1 amide bonds. The Kier molecular flexibility index (Phi) is 5.50. The van der Waals surface area contributed by atoms with Crippen LogP contribution in [0.25, 0.3) is 0 Å². The first kappa shape index (κ1) is 19.6. The van der Waals surface area contributed by atoms with Gasteiger partial charge in [-0.2, -0.15) is 0 Å². The maximum Gasteiger partial charge on any atom is 0.268 e. The van der Waals surface area contributed by atoms with Gasteiger partial charge in [0.25, 0.3) is 5.91 Å². The lowest BCUT2D eigenvalue weighted by Gasteiger charge is -2.32. The zero-order valence-electron chi connectivity index (χ0n) is 16.8. The predicted octanol–water partition coefficient (Wildman–Crippen LogP) is 4.78. The molecule has 0 fully saturated rings. The van der Waals surface area contributed by atoms with Gasteiger partial charge in [0.15, 0.2) is 5.78 Å². The molecule has 0 aliphatic carbocycles. The van der Waals surface area contributed by atoms with Crippen molar-refractivity contribution in [1.29, 1.82) is 0 Å². The highest BCUT2D eigenvalue weighted by molar-refractivity contribution is 6.03. The summed E-state index contributed by atoms with van der Waals surface area (Å²) in [4.78, 5) is 28.5. The summed E-state index contributed by atoms with van der Waals surface area (Å²) in [6.07, 6.45) is 0.607. The van der Waals surface area contributed by atoms with Crippen molar-refractivity contribution in [2.24, 2.45) is 0 Å². The van der Waals surface area contributed by atoms with Crippen LogP contribution in [0.5, 0.6) is 0 Å². The number of rotatable bonds is 6. The van der Waals surface area contributed by atoms with Gasteiger partial charge in [-0.25, -0.2) is 0 Å². The number of carbonyl (C=O) groups excluding carboxylic acids is 2. The number of aromatic nitrogens is 1. The van der Waals surface area contributed by atoms with Gasteiger partial charge < -0.3 is 10.3 Å². The molecule has 3 aromatic rings. The van der Waals surface area contributed by atoms with E-state index in [0.717, 1.165) is 22.4 Å². The van der Waals surface area contributed by atoms with Gasteiger partial charge >= 0.3 is 0 Å². The first-order valence-electron chi connectivity index (χ1n) is 9.54. The van der Waals surface area contributed by atoms with E-state index in [1.54, 1.807) is 0 Å². The van der Waals surface area contributed by atoms with Gasteiger partial charge in [0.2, 0.25) is 0 Å². The summed E-state index contributed by atoms with van der Waals surface area (Å²) in [6, 6.07) is 19.8. The summed E-state index contributed by atoms with van der Waals surface area (Å²) in [6.45, 7) is 7.33. The lowest BCUT2D eigenvalue weighted by Crippen LogP contribution is -2.44. The van der Waals surface area contributed by atoms with E-state index in [2.05, 4.69) is 10.3 Å². The van der Waals surface area contributed by atoms with Crippen LogP contribution in [-0.2, 0) is 12.0 Å². The standard InChI is InChI=1S/C24H26N2O2/c1-5-20-21(17(3)27)16(2)25-22(20)23(28)26-24(4,18-12-8-6-9-13-18)19-14-10-7-11-15-19/h6-15,25H,5H2,1-4H3,(H,26,28). The fraction of sp³-hybridized carbons (Fsp3) is 0.250. The van der Waals surface area contributed by atoms with E-state index < -0.39 is 5.54 Å². The first-order valence-corrected chi connectivity index (χ1v) is 9.54. The minimum absolute atomic E-state index is 0.0291. The molecule has 1 aromatic heterocycles. The zero-order chi connectivity index (χ0) is 20.3. The average molecular weight is 374 g/mol. The fourth-order valence-electron chi connectivity index (χ4n) is 3.84. The molecular weight excluding hydrogens is 348 g/mol. The zero-order valence-corrected chi connectivity index (χ0v) is 16.8. The maximum absolute atomic E-state index is 13.3. The van der Waals surface area contributed by atoms with Gasteiger partial charge in [0, 0.05) is 11.3 Å². The molecular formula is C24H26N2O2. The van der Waals surface area contributed by atoms with Gasteiger partial charge in [-0.15, -0.1) is 0 Å². The highest BCUT2D eigenvalue weighted by atomic mass is 16.2. The fourth-order valence-corrected chi connectivity index (χ4v) is 3.84. The van der Waals surface area contributed by atoms with Crippen LogP contribution in [0, 0.1) is 6.92 Å². The summed E-state index contributed by atoms with van der Waals surface area (Å²) in [7, 11) is 0. The third kappa shape index (κ3) is 3.50. The van der Waals surface area contributed by atoms with Crippen molar-refractivity contribution in [2.45, 2.75) is 39.7 Å². The molecule has 2 aromatic carbocycles. The summed E-state index contributed by atoms with van der Waals surface area (Å²) < 4.78 is 0. The summed E-state index contributed by atoms with van der Waals surface area (Å²) in [5.74, 6) is -0.249. The lowest BCUT2D eigenvalue weighted by atomic mass is 9.84. The Hall–Kier alpha value is -3.14. The number of nitrogens with one attached hydrogen (secondary N) is 2. The van der Waals surface area contributed by atoms with Crippen LogP contribution in [-0.4, -0.2) is 16.7 Å². The molecule has 4 heteroatoms. The Labute approximate surface area is 166 Å². The van der Waals surface area contributed by atoms with Crippen LogP contribution in [0.15, 0.2) is 60.7 Å². The summed E-state index contributed by atoms with van der Waals surface area (Å²) in [5, 5.41) is 3.21. The van der Waals surface area contributed by atoms with E-state index in [1.807, 2.05) is 81.4 Å². The Balaban J connectivity index is 2.07. The Morgan fingerprint density at radius 3 is 1.89 bits per heavy atom. The number of Topliss-reactive ketones (excluding diaryl/α,β-unsaturated/α-hetero) is 1. The maximum atomic E-state index is 13.3. The molecule has 28 heavy (non-hydrogen) atoms. The molecule has 0 spiro atoms. The molecule has 0 saturated carbocycles. The number of aromatic amines is 1. The van der Waals surface area contributed by atoms with Crippen molar-refractivity contribution in [3.63, 3.8) is 0 Å². The van der Waals surface area contributed by atoms with E-state index in [4.69, 9.17) is 0 Å². The lowest BCUT2D eigenvalue weighted by molar-refractivity contribution is 0.0913. The molecule has 0 unspecified atom stereocenters. The molecule has 144 valence electrons. The molecule has 0 aliphatic heterocycles. The van der Waals surface area contributed by atoms with Gasteiger partial charge in [0.1, 0.15) is 5.69 Å². The van der Waals surface area contributed by atoms with E-state index >= 15 is 0 Å². The highest BCUT2D eigenvalue weighted by Gasteiger charge is 2.32. The van der Waals surface area contributed by atoms with Crippen LogP contribution in [0.2, 0.25) is 0 Å². The van der Waals surface area contributed by atoms with Crippen molar-refractivity contribution in [1.82, 2.24) is 10.3 Å². The Morgan fingerprint density at radius 1 is 0.964 bits per heavy atom. The van der Waals surface area contributed by atoms with Gasteiger partial charge in [-0.1, -0.05) is 67.6 Å². The largest absolute Gasteiger partial charge is 0.354 e. The molecule has 3 rings (SSSR count). The first-order chi connectivity index (χ1) is 13.4. The SMILES string of the molecule is CCc1c(C(=O)NC(C)(c2ccccc2)c2ccccc2)[nH]c(C)c1C(C)=O. The van der Waals surface area contributed by atoms with Gasteiger partial charge in [0.05, 0.1) is 5.54 Å². The topological polar surface area (TPSA) is 62.0 Å². The van der Waals surface area contributed by atoms with Crippen LogP contribution < -0.4 is 5.32 Å². The molecule has 0 bridgehead atoms. The number of hydrogen-bond donors (Lipinski definition) is 2.